The van der Waals surface area contributed by atoms with Gasteiger partial charge in [0.2, 0.25) is 5.91 Å². The van der Waals surface area contributed by atoms with E-state index in [0.717, 1.165) is 17.9 Å². The molecule has 3 heteroatoms. The summed E-state index contributed by atoms with van der Waals surface area (Å²) in [5.41, 5.74) is 1.08. The Morgan fingerprint density at radius 1 is 1.17 bits per heavy atom. The predicted molar refractivity (Wildman–Crippen MR) is 74.6 cm³/mol. The topological polar surface area (TPSA) is 29.1 Å². The fraction of sp³-hybridized carbons (Fsp3) is 0.533. The molecule has 1 heterocycles. The van der Waals surface area contributed by atoms with E-state index >= 15 is 0 Å². The third-order valence-corrected chi connectivity index (χ3v) is 4.23. The molecule has 2 fully saturated rings. The molecule has 3 rings (SSSR count). The van der Waals surface area contributed by atoms with Crippen molar-refractivity contribution in [3.63, 3.8) is 0 Å². The molecule has 0 aromatic heterocycles. The second-order valence-electron chi connectivity index (χ2n) is 4.82. The number of nitrogens with one attached hydrogen (secondary N) is 1. The first-order valence-electron chi connectivity index (χ1n) is 6.79. The number of rotatable bonds is 1. The van der Waals surface area contributed by atoms with Gasteiger partial charge < -0.3 is 5.32 Å². The van der Waals surface area contributed by atoms with E-state index in [-0.39, 0.29) is 17.4 Å². The molecule has 1 aromatic carbocycles. The SMILES string of the molecule is CC.O=C1NC(c2ccc(Cl)cc2)C12CCCC2. The van der Waals surface area contributed by atoms with Gasteiger partial charge in [-0.1, -0.05) is 50.4 Å². The van der Waals surface area contributed by atoms with Gasteiger partial charge in [0.05, 0.1) is 11.5 Å². The molecule has 2 nitrogen and oxygen atoms in total. The normalized spacial score (nSPS) is 23.9. The predicted octanol–water partition coefficient (Wildman–Crippen LogP) is 4.10. The quantitative estimate of drug-likeness (QED) is 0.761. The minimum Gasteiger partial charge on any atom is -0.348 e. The summed E-state index contributed by atoms with van der Waals surface area (Å²) in [5.74, 6) is 0.241. The number of carbonyl (C=O) groups is 1. The molecule has 98 valence electrons. The van der Waals surface area contributed by atoms with Crippen molar-refractivity contribution in [1.82, 2.24) is 5.32 Å². The van der Waals surface area contributed by atoms with Crippen LogP contribution in [0, 0.1) is 5.41 Å². The van der Waals surface area contributed by atoms with Crippen LogP contribution in [0.5, 0.6) is 0 Å². The molecule has 2 aliphatic rings. The Morgan fingerprint density at radius 3 is 2.22 bits per heavy atom. The number of benzene rings is 1. The minimum absolute atomic E-state index is 0.103. The number of amides is 1. The van der Waals surface area contributed by atoms with E-state index in [4.69, 9.17) is 11.6 Å². The summed E-state index contributed by atoms with van der Waals surface area (Å²) in [6, 6.07) is 8.03. The molecule has 1 unspecified atom stereocenters. The van der Waals surface area contributed by atoms with Crippen LogP contribution in [0.4, 0.5) is 0 Å². The van der Waals surface area contributed by atoms with Crippen LogP contribution < -0.4 is 5.32 Å². The summed E-state index contributed by atoms with van der Waals surface area (Å²) >= 11 is 5.87. The Labute approximate surface area is 114 Å². The smallest absolute Gasteiger partial charge is 0.229 e. The van der Waals surface area contributed by atoms with Crippen molar-refractivity contribution in [2.75, 3.05) is 0 Å². The minimum atomic E-state index is -0.103. The number of halogens is 1. The first-order valence-corrected chi connectivity index (χ1v) is 7.17. The van der Waals surface area contributed by atoms with Gasteiger partial charge in [-0.3, -0.25) is 4.79 Å². The Kier molecular flexibility index (Phi) is 3.96. The van der Waals surface area contributed by atoms with Crippen molar-refractivity contribution in [2.45, 2.75) is 45.6 Å². The highest BCUT2D eigenvalue weighted by molar-refractivity contribution is 6.30. The van der Waals surface area contributed by atoms with Crippen molar-refractivity contribution >= 4 is 17.5 Å². The van der Waals surface area contributed by atoms with Gasteiger partial charge >= 0.3 is 0 Å². The van der Waals surface area contributed by atoms with E-state index in [9.17, 15) is 4.79 Å². The molecule has 1 amide bonds. The van der Waals surface area contributed by atoms with Crippen LogP contribution in [0.25, 0.3) is 0 Å². The molecule has 1 spiro atoms. The molecule has 1 aliphatic carbocycles. The number of carbonyl (C=O) groups excluding carboxylic acids is 1. The van der Waals surface area contributed by atoms with Crippen LogP contribution >= 0.6 is 11.6 Å². The summed E-state index contributed by atoms with van der Waals surface area (Å²) in [7, 11) is 0. The number of hydrogen-bond donors (Lipinski definition) is 1. The molecular weight excluding hydrogens is 246 g/mol. The van der Waals surface area contributed by atoms with Crippen LogP contribution in [0.3, 0.4) is 0 Å². The summed E-state index contributed by atoms with van der Waals surface area (Å²) in [6.07, 6.45) is 4.42. The van der Waals surface area contributed by atoms with E-state index in [0.29, 0.717) is 0 Å². The van der Waals surface area contributed by atoms with Gasteiger partial charge in [-0.2, -0.15) is 0 Å². The lowest BCUT2D eigenvalue weighted by atomic mass is 9.68. The molecule has 1 aromatic rings. The van der Waals surface area contributed by atoms with Gasteiger partial charge in [0.1, 0.15) is 0 Å². The van der Waals surface area contributed by atoms with E-state index in [1.54, 1.807) is 0 Å². The highest BCUT2D eigenvalue weighted by Crippen LogP contribution is 2.53. The van der Waals surface area contributed by atoms with Gasteiger partial charge in [0.25, 0.3) is 0 Å². The van der Waals surface area contributed by atoms with Crippen LogP contribution in [0.1, 0.15) is 51.1 Å². The third-order valence-electron chi connectivity index (χ3n) is 3.98. The lowest BCUT2D eigenvalue weighted by Crippen LogP contribution is -2.59. The second-order valence-corrected chi connectivity index (χ2v) is 5.26. The van der Waals surface area contributed by atoms with Crippen molar-refractivity contribution in [3.05, 3.63) is 34.9 Å². The van der Waals surface area contributed by atoms with Gasteiger partial charge in [-0.05, 0) is 30.5 Å². The van der Waals surface area contributed by atoms with Crippen molar-refractivity contribution in [2.24, 2.45) is 5.41 Å². The van der Waals surface area contributed by atoms with E-state index < -0.39 is 0 Å². The highest BCUT2D eigenvalue weighted by atomic mass is 35.5. The Hall–Kier alpha value is -1.02. The Morgan fingerprint density at radius 2 is 1.72 bits per heavy atom. The molecule has 1 atom stereocenters. The lowest BCUT2D eigenvalue weighted by molar-refractivity contribution is -0.145. The Bertz CT molecular complexity index is 421. The zero-order chi connectivity index (χ0) is 13.2. The molecule has 1 saturated heterocycles. The maximum absolute atomic E-state index is 11.8. The number of hydrogen-bond acceptors (Lipinski definition) is 1. The number of β-lactam (4-membered cyclic amide) rings is 1. The van der Waals surface area contributed by atoms with Crippen molar-refractivity contribution < 1.29 is 4.79 Å². The fourth-order valence-electron chi connectivity index (χ4n) is 3.05. The summed E-state index contributed by atoms with van der Waals surface area (Å²) in [4.78, 5) is 11.8. The molecular formula is C15H20ClNO. The van der Waals surface area contributed by atoms with Gasteiger partial charge in [-0.15, -0.1) is 0 Å². The van der Waals surface area contributed by atoms with Crippen molar-refractivity contribution in [1.29, 1.82) is 0 Å². The molecule has 1 saturated carbocycles. The van der Waals surface area contributed by atoms with Crippen LogP contribution in [0.2, 0.25) is 5.02 Å². The van der Waals surface area contributed by atoms with Crippen LogP contribution in [-0.4, -0.2) is 5.91 Å². The summed E-state index contributed by atoms with van der Waals surface area (Å²) < 4.78 is 0. The molecule has 0 bridgehead atoms. The maximum atomic E-state index is 11.8. The third kappa shape index (κ3) is 2.03. The van der Waals surface area contributed by atoms with Crippen LogP contribution in [-0.2, 0) is 4.79 Å². The van der Waals surface area contributed by atoms with E-state index in [1.165, 1.54) is 18.4 Å². The van der Waals surface area contributed by atoms with Crippen LogP contribution in [0.15, 0.2) is 24.3 Å². The van der Waals surface area contributed by atoms with Gasteiger partial charge in [-0.25, -0.2) is 0 Å². The van der Waals surface area contributed by atoms with E-state index in [1.807, 2.05) is 38.1 Å². The zero-order valence-electron chi connectivity index (χ0n) is 11.0. The van der Waals surface area contributed by atoms with Gasteiger partial charge in [0.15, 0.2) is 0 Å². The first kappa shape index (κ1) is 13.4. The average Bonchev–Trinajstić information content (AvgIpc) is 2.92. The summed E-state index contributed by atoms with van der Waals surface area (Å²) in [5, 5.41) is 3.77. The molecule has 1 aliphatic heterocycles. The van der Waals surface area contributed by atoms with Gasteiger partial charge in [0, 0.05) is 5.02 Å². The summed E-state index contributed by atoms with van der Waals surface area (Å²) in [6.45, 7) is 4.00. The Balaban J connectivity index is 0.000000574. The lowest BCUT2D eigenvalue weighted by Gasteiger charge is -2.46. The molecule has 18 heavy (non-hydrogen) atoms. The van der Waals surface area contributed by atoms with E-state index in [2.05, 4.69) is 5.32 Å². The molecule has 1 N–H and O–H groups in total. The first-order chi connectivity index (χ1) is 8.72. The highest BCUT2D eigenvalue weighted by Gasteiger charge is 2.56. The zero-order valence-corrected chi connectivity index (χ0v) is 11.8. The fourth-order valence-corrected chi connectivity index (χ4v) is 3.17. The monoisotopic (exact) mass is 265 g/mol. The molecule has 0 radical (unpaired) electrons. The largest absolute Gasteiger partial charge is 0.348 e. The average molecular weight is 266 g/mol. The van der Waals surface area contributed by atoms with Crippen molar-refractivity contribution in [3.8, 4) is 0 Å². The maximum Gasteiger partial charge on any atom is 0.229 e. The second kappa shape index (κ2) is 5.31. The standard InChI is InChI=1S/C13H14ClNO.C2H6/c14-10-5-3-9(4-6-10)11-13(12(16)15-11)7-1-2-8-13;1-2/h3-6,11H,1-2,7-8H2,(H,15,16);1-2H3.